The highest BCUT2D eigenvalue weighted by atomic mass is 19.1. The average Bonchev–Trinajstić information content (AvgIpc) is 2.99. The fraction of sp³-hybridized carbons (Fsp3) is 0.0500. The van der Waals surface area contributed by atoms with E-state index in [0.717, 1.165) is 16.8 Å². The molecule has 0 aliphatic heterocycles. The molecular formula is C20H15FN4O. The van der Waals surface area contributed by atoms with Gasteiger partial charge >= 0.3 is 0 Å². The topological polar surface area (TPSA) is 62.2 Å². The number of rotatable bonds is 3. The maximum atomic E-state index is 13.3. The van der Waals surface area contributed by atoms with Crippen molar-refractivity contribution in [3.63, 3.8) is 0 Å². The Labute approximate surface area is 149 Å². The summed E-state index contributed by atoms with van der Waals surface area (Å²) in [5.41, 5.74) is 3.78. The SMILES string of the molecule is Cc1ccc2nc(-c3ccc(F)cc3)c(N=Nc3ccc(O)cc3)n2c1. The lowest BCUT2D eigenvalue weighted by Crippen LogP contribution is -1.85. The highest BCUT2D eigenvalue weighted by molar-refractivity contribution is 5.74. The minimum atomic E-state index is -0.305. The summed E-state index contributed by atoms with van der Waals surface area (Å²) in [4.78, 5) is 4.63. The summed E-state index contributed by atoms with van der Waals surface area (Å²) in [6, 6.07) is 16.4. The van der Waals surface area contributed by atoms with Crippen molar-refractivity contribution in [1.82, 2.24) is 9.38 Å². The smallest absolute Gasteiger partial charge is 0.187 e. The molecule has 0 aliphatic carbocycles. The number of halogens is 1. The highest BCUT2D eigenvalue weighted by Crippen LogP contribution is 2.32. The molecule has 0 spiro atoms. The molecule has 0 aliphatic rings. The molecule has 0 amide bonds. The van der Waals surface area contributed by atoms with Gasteiger partial charge in [0.2, 0.25) is 0 Å². The van der Waals surface area contributed by atoms with E-state index in [1.807, 2.05) is 29.7 Å². The van der Waals surface area contributed by atoms with E-state index in [2.05, 4.69) is 15.2 Å². The van der Waals surface area contributed by atoms with Crippen molar-refractivity contribution in [1.29, 1.82) is 0 Å². The quantitative estimate of drug-likeness (QED) is 0.493. The van der Waals surface area contributed by atoms with Crippen molar-refractivity contribution < 1.29 is 9.50 Å². The van der Waals surface area contributed by atoms with Crippen LogP contribution in [0, 0.1) is 12.7 Å². The van der Waals surface area contributed by atoms with Gasteiger partial charge in [0.05, 0.1) is 5.69 Å². The maximum Gasteiger partial charge on any atom is 0.187 e. The maximum absolute atomic E-state index is 13.3. The number of pyridine rings is 1. The third-order valence-electron chi connectivity index (χ3n) is 3.97. The van der Waals surface area contributed by atoms with E-state index in [0.29, 0.717) is 17.2 Å². The summed E-state index contributed by atoms with van der Waals surface area (Å²) in [6.07, 6.45) is 1.93. The van der Waals surface area contributed by atoms with Crippen LogP contribution in [0.4, 0.5) is 15.9 Å². The average molecular weight is 346 g/mol. The molecule has 1 N–H and O–H groups in total. The van der Waals surface area contributed by atoms with Crippen LogP contribution in [0.15, 0.2) is 77.1 Å². The van der Waals surface area contributed by atoms with E-state index in [4.69, 9.17) is 0 Å². The van der Waals surface area contributed by atoms with Gasteiger partial charge in [-0.1, -0.05) is 6.07 Å². The van der Waals surface area contributed by atoms with Gasteiger partial charge in [-0.25, -0.2) is 9.37 Å². The second-order valence-corrected chi connectivity index (χ2v) is 5.94. The first-order chi connectivity index (χ1) is 12.6. The fourth-order valence-corrected chi connectivity index (χ4v) is 2.66. The summed E-state index contributed by atoms with van der Waals surface area (Å²) in [5.74, 6) is 0.422. The zero-order valence-electron chi connectivity index (χ0n) is 14.0. The first-order valence-electron chi connectivity index (χ1n) is 8.05. The number of hydrogen-bond acceptors (Lipinski definition) is 4. The van der Waals surface area contributed by atoms with Crippen LogP contribution in [0.2, 0.25) is 0 Å². The molecule has 0 atom stereocenters. The van der Waals surface area contributed by atoms with Crippen LogP contribution in [0.25, 0.3) is 16.9 Å². The Bertz CT molecular complexity index is 1100. The third-order valence-corrected chi connectivity index (χ3v) is 3.97. The number of aryl methyl sites for hydroxylation is 1. The molecular weight excluding hydrogens is 331 g/mol. The van der Waals surface area contributed by atoms with Gasteiger partial charge in [-0.15, -0.1) is 10.2 Å². The van der Waals surface area contributed by atoms with Gasteiger partial charge in [0.1, 0.15) is 22.9 Å². The monoisotopic (exact) mass is 346 g/mol. The summed E-state index contributed by atoms with van der Waals surface area (Å²) in [7, 11) is 0. The van der Waals surface area contributed by atoms with Crippen LogP contribution < -0.4 is 0 Å². The molecule has 26 heavy (non-hydrogen) atoms. The molecule has 4 rings (SSSR count). The predicted molar refractivity (Wildman–Crippen MR) is 97.6 cm³/mol. The molecule has 2 aromatic heterocycles. The molecule has 0 saturated carbocycles. The van der Waals surface area contributed by atoms with E-state index in [1.54, 1.807) is 36.4 Å². The lowest BCUT2D eigenvalue weighted by atomic mass is 10.1. The van der Waals surface area contributed by atoms with Crippen LogP contribution in [0.3, 0.4) is 0 Å². The van der Waals surface area contributed by atoms with E-state index in [-0.39, 0.29) is 11.6 Å². The number of hydrogen-bond donors (Lipinski definition) is 1. The van der Waals surface area contributed by atoms with E-state index in [9.17, 15) is 9.50 Å². The summed E-state index contributed by atoms with van der Waals surface area (Å²) in [6.45, 7) is 1.98. The standard InChI is InChI=1S/C20H15FN4O/c1-13-2-11-18-22-19(14-3-5-15(21)6-4-14)20(25(18)12-13)24-23-16-7-9-17(26)10-8-16/h2-12,26H,1H3. The summed E-state index contributed by atoms with van der Waals surface area (Å²) >= 11 is 0. The van der Waals surface area contributed by atoms with E-state index < -0.39 is 0 Å². The molecule has 5 nitrogen and oxygen atoms in total. The zero-order chi connectivity index (χ0) is 18.1. The zero-order valence-corrected chi connectivity index (χ0v) is 14.0. The largest absolute Gasteiger partial charge is 0.508 e. The molecule has 128 valence electrons. The van der Waals surface area contributed by atoms with Crippen molar-refractivity contribution in [2.75, 3.05) is 0 Å². The Hall–Kier alpha value is -3.54. The fourth-order valence-electron chi connectivity index (χ4n) is 2.66. The van der Waals surface area contributed by atoms with E-state index >= 15 is 0 Å². The Morgan fingerprint density at radius 1 is 0.923 bits per heavy atom. The third kappa shape index (κ3) is 3.04. The predicted octanol–water partition coefficient (Wildman–Crippen LogP) is 5.57. The summed E-state index contributed by atoms with van der Waals surface area (Å²) in [5, 5.41) is 18.0. The van der Waals surface area contributed by atoms with Gasteiger partial charge in [0, 0.05) is 11.8 Å². The van der Waals surface area contributed by atoms with Gasteiger partial charge in [0.25, 0.3) is 0 Å². The number of phenols is 1. The second kappa shape index (κ2) is 6.40. The first-order valence-corrected chi connectivity index (χ1v) is 8.05. The van der Waals surface area contributed by atoms with Crippen molar-refractivity contribution in [2.24, 2.45) is 10.2 Å². The molecule has 6 heteroatoms. The van der Waals surface area contributed by atoms with Gasteiger partial charge in [-0.05, 0) is 67.1 Å². The first kappa shape index (κ1) is 16.0. The Morgan fingerprint density at radius 3 is 2.38 bits per heavy atom. The molecule has 0 radical (unpaired) electrons. The number of nitrogens with zero attached hydrogens (tertiary/aromatic N) is 4. The second-order valence-electron chi connectivity index (χ2n) is 5.94. The molecule has 0 fully saturated rings. The van der Waals surface area contributed by atoms with Gasteiger partial charge < -0.3 is 5.11 Å². The van der Waals surface area contributed by atoms with Crippen LogP contribution in [-0.4, -0.2) is 14.5 Å². The number of imidazole rings is 1. The molecule has 4 aromatic rings. The Balaban J connectivity index is 1.87. The van der Waals surface area contributed by atoms with Crippen molar-refractivity contribution in [3.8, 4) is 17.0 Å². The van der Waals surface area contributed by atoms with E-state index in [1.165, 1.54) is 12.1 Å². The molecule has 0 unspecified atom stereocenters. The van der Waals surface area contributed by atoms with Gasteiger partial charge in [-0.2, -0.15) is 0 Å². The van der Waals surface area contributed by atoms with Crippen LogP contribution in [0.1, 0.15) is 5.56 Å². The molecule has 2 aromatic carbocycles. The molecule has 0 bridgehead atoms. The van der Waals surface area contributed by atoms with Crippen molar-refractivity contribution in [2.45, 2.75) is 6.92 Å². The van der Waals surface area contributed by atoms with Gasteiger partial charge in [-0.3, -0.25) is 4.40 Å². The van der Waals surface area contributed by atoms with Crippen LogP contribution in [0.5, 0.6) is 5.75 Å². The Morgan fingerprint density at radius 2 is 1.65 bits per heavy atom. The minimum Gasteiger partial charge on any atom is -0.508 e. The number of benzene rings is 2. The number of fused-ring (bicyclic) bond motifs is 1. The summed E-state index contributed by atoms with van der Waals surface area (Å²) < 4.78 is 15.1. The Kier molecular flexibility index (Phi) is 3.93. The number of aromatic nitrogens is 2. The molecule has 0 saturated heterocycles. The number of azo groups is 1. The number of phenolic OH excluding ortho intramolecular Hbond substituents is 1. The van der Waals surface area contributed by atoms with Crippen molar-refractivity contribution in [3.05, 3.63) is 78.2 Å². The van der Waals surface area contributed by atoms with Crippen LogP contribution >= 0.6 is 0 Å². The highest BCUT2D eigenvalue weighted by Gasteiger charge is 2.14. The lowest BCUT2D eigenvalue weighted by Gasteiger charge is -2.01. The van der Waals surface area contributed by atoms with Gasteiger partial charge in [0.15, 0.2) is 5.82 Å². The lowest BCUT2D eigenvalue weighted by molar-refractivity contribution is 0.475. The number of aromatic hydroxyl groups is 1. The van der Waals surface area contributed by atoms with Crippen LogP contribution in [-0.2, 0) is 0 Å². The molecule has 2 heterocycles. The van der Waals surface area contributed by atoms with Crippen molar-refractivity contribution >= 4 is 17.2 Å². The normalized spacial score (nSPS) is 11.5. The minimum absolute atomic E-state index is 0.168.